The molecule has 0 aromatic rings. The molecule has 77 heavy (non-hydrogen) atoms. The summed E-state index contributed by atoms with van der Waals surface area (Å²) in [6, 6.07) is 0. The number of unbranched alkanes of at least 4 members (excludes halogenated alkanes) is 26. The molecular weight excluding hydrogens is 949 g/mol. The van der Waals surface area contributed by atoms with Gasteiger partial charge in [-0.2, -0.15) is 0 Å². The summed E-state index contributed by atoms with van der Waals surface area (Å²) in [5.74, 6) is -0.927. The van der Waals surface area contributed by atoms with E-state index in [1.807, 2.05) is 0 Å². The first-order valence-electron chi connectivity index (χ1n) is 32.0. The molecule has 0 rings (SSSR count). The van der Waals surface area contributed by atoms with Gasteiger partial charge in [-0.3, -0.25) is 14.4 Å². The van der Waals surface area contributed by atoms with Gasteiger partial charge in [0.2, 0.25) is 0 Å². The first-order chi connectivity index (χ1) is 38.0. The molecule has 6 nitrogen and oxygen atoms in total. The molecule has 6 heteroatoms. The number of esters is 3. The van der Waals surface area contributed by atoms with Crippen LogP contribution in [0.15, 0.2) is 122 Å². The second-order valence-corrected chi connectivity index (χ2v) is 20.9. The van der Waals surface area contributed by atoms with Crippen LogP contribution in [-0.4, -0.2) is 37.2 Å². The molecular formula is C71H118O6. The Balaban J connectivity index is 4.27. The predicted molar refractivity (Wildman–Crippen MR) is 334 cm³/mol. The Morgan fingerprint density at radius 3 is 0.792 bits per heavy atom. The monoisotopic (exact) mass is 1070 g/mol. The zero-order valence-electron chi connectivity index (χ0n) is 50.2. The van der Waals surface area contributed by atoms with Crippen molar-refractivity contribution in [2.24, 2.45) is 0 Å². The maximum absolute atomic E-state index is 12.9. The topological polar surface area (TPSA) is 78.9 Å². The van der Waals surface area contributed by atoms with Gasteiger partial charge in [0.05, 0.1) is 0 Å². The number of rotatable bonds is 57. The minimum atomic E-state index is -0.800. The fraction of sp³-hybridized carbons (Fsp3) is 0.676. The molecule has 1 atom stereocenters. The Kier molecular flexibility index (Phi) is 60.8. The van der Waals surface area contributed by atoms with Crippen LogP contribution in [0.3, 0.4) is 0 Å². The molecule has 438 valence electrons. The Bertz CT molecular complexity index is 1600. The van der Waals surface area contributed by atoms with Crippen LogP contribution in [0.25, 0.3) is 0 Å². The molecule has 1 unspecified atom stereocenters. The lowest BCUT2D eigenvalue weighted by molar-refractivity contribution is -0.167. The highest BCUT2D eigenvalue weighted by atomic mass is 16.6. The van der Waals surface area contributed by atoms with Gasteiger partial charge in [-0.05, 0) is 122 Å². The third kappa shape index (κ3) is 62.5. The molecule has 0 aliphatic carbocycles. The van der Waals surface area contributed by atoms with Crippen molar-refractivity contribution in [2.45, 2.75) is 297 Å². The van der Waals surface area contributed by atoms with Crippen molar-refractivity contribution < 1.29 is 28.6 Å². The zero-order chi connectivity index (χ0) is 55.7. The molecule has 0 aliphatic rings. The summed E-state index contributed by atoms with van der Waals surface area (Å²) in [5, 5.41) is 0. The molecule has 0 heterocycles. The highest BCUT2D eigenvalue weighted by Crippen LogP contribution is 2.16. The van der Waals surface area contributed by atoms with Crippen LogP contribution in [0.5, 0.6) is 0 Å². The van der Waals surface area contributed by atoms with E-state index < -0.39 is 6.10 Å². The van der Waals surface area contributed by atoms with Crippen molar-refractivity contribution >= 4 is 17.9 Å². The van der Waals surface area contributed by atoms with Crippen LogP contribution in [0.1, 0.15) is 290 Å². The van der Waals surface area contributed by atoms with Crippen molar-refractivity contribution in [3.63, 3.8) is 0 Å². The van der Waals surface area contributed by atoms with Crippen LogP contribution in [0, 0.1) is 0 Å². The van der Waals surface area contributed by atoms with Gasteiger partial charge in [-0.1, -0.05) is 271 Å². The molecule has 0 amide bonds. The second-order valence-electron chi connectivity index (χ2n) is 20.9. The van der Waals surface area contributed by atoms with Gasteiger partial charge in [-0.25, -0.2) is 0 Å². The van der Waals surface area contributed by atoms with E-state index in [-0.39, 0.29) is 31.1 Å². The number of hydrogen-bond donors (Lipinski definition) is 0. The average Bonchev–Trinajstić information content (AvgIpc) is 3.43. The second kappa shape index (κ2) is 64.3. The Morgan fingerprint density at radius 2 is 0.506 bits per heavy atom. The average molecular weight is 1070 g/mol. The summed E-state index contributed by atoms with van der Waals surface area (Å²) < 4.78 is 16.9. The fourth-order valence-electron chi connectivity index (χ4n) is 8.70. The van der Waals surface area contributed by atoms with Crippen LogP contribution in [-0.2, 0) is 28.6 Å². The van der Waals surface area contributed by atoms with Crippen molar-refractivity contribution in [1.82, 2.24) is 0 Å². The van der Waals surface area contributed by atoms with E-state index in [1.165, 1.54) is 96.3 Å². The molecule has 0 aromatic carbocycles. The molecule has 0 aromatic heterocycles. The van der Waals surface area contributed by atoms with Gasteiger partial charge < -0.3 is 14.2 Å². The minimum Gasteiger partial charge on any atom is -0.462 e. The Hall–Kier alpha value is -4.19. The van der Waals surface area contributed by atoms with Crippen molar-refractivity contribution in [1.29, 1.82) is 0 Å². The molecule has 0 radical (unpaired) electrons. The third-order valence-electron chi connectivity index (χ3n) is 13.4. The third-order valence-corrected chi connectivity index (χ3v) is 13.4. The zero-order valence-corrected chi connectivity index (χ0v) is 50.2. The highest BCUT2D eigenvalue weighted by molar-refractivity contribution is 5.71. The molecule has 0 N–H and O–H groups in total. The van der Waals surface area contributed by atoms with Crippen molar-refractivity contribution in [2.75, 3.05) is 13.2 Å². The van der Waals surface area contributed by atoms with E-state index in [1.54, 1.807) is 0 Å². The normalized spacial score (nSPS) is 12.9. The van der Waals surface area contributed by atoms with Crippen molar-refractivity contribution in [3.8, 4) is 0 Å². The van der Waals surface area contributed by atoms with Crippen molar-refractivity contribution in [3.05, 3.63) is 122 Å². The Labute approximate surface area is 475 Å². The van der Waals surface area contributed by atoms with E-state index in [9.17, 15) is 14.4 Å². The van der Waals surface area contributed by atoms with Gasteiger partial charge in [0, 0.05) is 19.3 Å². The first kappa shape index (κ1) is 72.8. The summed E-state index contributed by atoms with van der Waals surface area (Å²) in [7, 11) is 0. The Morgan fingerprint density at radius 1 is 0.273 bits per heavy atom. The largest absolute Gasteiger partial charge is 0.462 e. The van der Waals surface area contributed by atoms with Crippen LogP contribution in [0.2, 0.25) is 0 Å². The molecule has 0 aliphatic heterocycles. The van der Waals surface area contributed by atoms with Gasteiger partial charge in [-0.15, -0.1) is 0 Å². The highest BCUT2D eigenvalue weighted by Gasteiger charge is 2.19. The van der Waals surface area contributed by atoms with Gasteiger partial charge >= 0.3 is 17.9 Å². The summed E-state index contributed by atoms with van der Waals surface area (Å²) in [4.78, 5) is 38.3. The predicted octanol–water partition coefficient (Wildman–Crippen LogP) is 22.0. The van der Waals surface area contributed by atoms with Gasteiger partial charge in [0.1, 0.15) is 13.2 Å². The standard InChI is InChI=1S/C71H118O6/c1-4-7-10-13-16-19-22-25-27-29-30-31-32-33-34-35-36-37-38-39-40-42-43-46-49-52-55-58-61-64-70(73)76-67-68(66-75-69(72)63-60-57-54-51-48-45-24-21-18-15-12-9-6-3)77-71(74)65-62-59-56-53-50-47-44-41-28-26-23-20-17-14-11-8-5-2/h7-8,10-12,15-17,19-21,24-28,30-31,44,47,68H,4-6,9,13-14,18,22-23,29,32-43,45-46,48-67H2,1-3H3/b10-7-,11-8-,15-12-,19-16-,20-17-,24-21-,27-25-,28-26-,31-30-,47-44-. The molecule has 0 saturated carbocycles. The maximum Gasteiger partial charge on any atom is 0.306 e. The number of carbonyl (C=O) groups excluding carboxylic acids is 3. The van der Waals surface area contributed by atoms with E-state index >= 15 is 0 Å². The minimum absolute atomic E-state index is 0.0933. The summed E-state index contributed by atoms with van der Waals surface area (Å²) in [6.45, 7) is 6.33. The smallest absolute Gasteiger partial charge is 0.306 e. The maximum atomic E-state index is 12.9. The van der Waals surface area contributed by atoms with Crippen LogP contribution >= 0.6 is 0 Å². The van der Waals surface area contributed by atoms with Crippen LogP contribution < -0.4 is 0 Å². The number of ether oxygens (including phenoxy) is 3. The van der Waals surface area contributed by atoms with Gasteiger partial charge in [0.25, 0.3) is 0 Å². The van der Waals surface area contributed by atoms with E-state index in [2.05, 4.69) is 142 Å². The van der Waals surface area contributed by atoms with E-state index in [0.717, 1.165) is 154 Å². The number of carbonyl (C=O) groups is 3. The number of allylic oxidation sites excluding steroid dienone is 20. The van der Waals surface area contributed by atoms with Gasteiger partial charge in [0.15, 0.2) is 6.10 Å². The first-order valence-corrected chi connectivity index (χ1v) is 32.0. The van der Waals surface area contributed by atoms with E-state index in [0.29, 0.717) is 19.3 Å². The molecule has 0 fully saturated rings. The summed E-state index contributed by atoms with van der Waals surface area (Å²) >= 11 is 0. The fourth-order valence-corrected chi connectivity index (χ4v) is 8.70. The molecule has 0 saturated heterocycles. The summed E-state index contributed by atoms with van der Waals surface area (Å²) in [6.07, 6.45) is 89.3. The SMILES string of the molecule is CC/C=C\C/C=C\C/C=C\C/C=C\CCCCCCCCCCCCCCCCCCC(=O)OCC(COC(=O)CCCCCCC/C=C\C/C=C\CCC)OC(=O)CCCCCC/C=C\C/C=C\C/C=C\C/C=C\CC. The summed E-state index contributed by atoms with van der Waals surface area (Å²) in [5.41, 5.74) is 0. The lowest BCUT2D eigenvalue weighted by atomic mass is 10.0. The molecule has 0 spiro atoms. The quantitative estimate of drug-likeness (QED) is 0.0261. The number of hydrogen-bond acceptors (Lipinski definition) is 6. The molecule has 0 bridgehead atoms. The van der Waals surface area contributed by atoms with E-state index in [4.69, 9.17) is 14.2 Å². The van der Waals surface area contributed by atoms with Crippen LogP contribution in [0.4, 0.5) is 0 Å². The lowest BCUT2D eigenvalue weighted by Crippen LogP contribution is -2.30. The lowest BCUT2D eigenvalue weighted by Gasteiger charge is -2.18.